The van der Waals surface area contributed by atoms with Crippen molar-refractivity contribution in [3.63, 3.8) is 0 Å². The molecular formula is C57H41NO2. The lowest BCUT2D eigenvalue weighted by atomic mass is 9.82. The van der Waals surface area contributed by atoms with Gasteiger partial charge in [-0.15, -0.1) is 0 Å². The molecule has 1 aliphatic carbocycles. The second-order valence-electron chi connectivity index (χ2n) is 16.2. The number of ether oxygens (including phenoxy) is 1. The minimum atomic E-state index is -0.0370. The van der Waals surface area contributed by atoms with E-state index >= 15 is 0 Å². The number of para-hydroxylation sites is 2. The minimum absolute atomic E-state index is 0.0370. The molecule has 0 radical (unpaired) electrons. The number of nitrogens with zero attached hydrogens (tertiary/aromatic N) is 1. The van der Waals surface area contributed by atoms with Gasteiger partial charge in [0, 0.05) is 44.4 Å². The maximum absolute atomic E-state index is 6.25. The van der Waals surface area contributed by atoms with Crippen LogP contribution in [0.4, 0.5) is 17.1 Å². The molecule has 0 atom stereocenters. The maximum atomic E-state index is 6.25. The molecule has 11 rings (SSSR count). The zero-order chi connectivity index (χ0) is 40.4. The fraction of sp³-hybridized carbons (Fsp3) is 0.0526. The van der Waals surface area contributed by atoms with E-state index in [1.165, 1.54) is 27.8 Å². The third-order valence-electron chi connectivity index (χ3n) is 12.3. The normalized spacial score (nSPS) is 14.7. The summed E-state index contributed by atoms with van der Waals surface area (Å²) in [5.74, 6) is 0.803. The molecule has 0 N–H and O–H groups in total. The van der Waals surface area contributed by atoms with Crippen molar-refractivity contribution in [3.05, 3.63) is 224 Å². The van der Waals surface area contributed by atoms with Crippen molar-refractivity contribution in [2.45, 2.75) is 19.3 Å². The largest absolute Gasteiger partial charge is 0.464 e. The first-order valence-corrected chi connectivity index (χ1v) is 20.5. The predicted molar refractivity (Wildman–Crippen MR) is 250 cm³/mol. The van der Waals surface area contributed by atoms with Crippen molar-refractivity contribution in [2.24, 2.45) is 0 Å². The van der Waals surface area contributed by atoms with Crippen LogP contribution in [0.25, 0.3) is 72.0 Å². The third-order valence-corrected chi connectivity index (χ3v) is 12.3. The van der Waals surface area contributed by atoms with Crippen LogP contribution >= 0.6 is 0 Å². The van der Waals surface area contributed by atoms with E-state index in [1.807, 2.05) is 30.4 Å². The molecule has 60 heavy (non-hydrogen) atoms. The molecule has 1 aromatic heterocycles. The molecule has 0 unspecified atom stereocenters. The van der Waals surface area contributed by atoms with Crippen molar-refractivity contribution >= 4 is 44.6 Å². The van der Waals surface area contributed by atoms with E-state index < -0.39 is 0 Å². The number of hydrogen-bond acceptors (Lipinski definition) is 3. The van der Waals surface area contributed by atoms with Crippen molar-refractivity contribution in [1.29, 1.82) is 0 Å². The molecule has 1 aliphatic heterocycles. The van der Waals surface area contributed by atoms with Crippen molar-refractivity contribution in [2.75, 3.05) is 4.90 Å². The number of benzene rings is 8. The van der Waals surface area contributed by atoms with E-state index in [2.05, 4.69) is 189 Å². The lowest BCUT2D eigenvalue weighted by Gasteiger charge is -2.27. The van der Waals surface area contributed by atoms with Crippen LogP contribution in [-0.4, -0.2) is 0 Å². The van der Waals surface area contributed by atoms with Gasteiger partial charge in [0.05, 0.1) is 6.26 Å². The summed E-state index contributed by atoms with van der Waals surface area (Å²) in [6, 6.07) is 63.3. The third kappa shape index (κ3) is 5.89. The summed E-state index contributed by atoms with van der Waals surface area (Å²) >= 11 is 0. The van der Waals surface area contributed by atoms with Crippen molar-refractivity contribution in [1.82, 2.24) is 0 Å². The number of anilines is 3. The van der Waals surface area contributed by atoms with Crippen LogP contribution in [0.5, 0.6) is 5.75 Å². The van der Waals surface area contributed by atoms with Gasteiger partial charge in [0.15, 0.2) is 0 Å². The molecule has 2 aliphatic rings. The first kappa shape index (κ1) is 35.5. The molecule has 3 heteroatoms. The Bertz CT molecular complexity index is 3210. The summed E-state index contributed by atoms with van der Waals surface area (Å²) in [5, 5.41) is 2.26. The second-order valence-corrected chi connectivity index (χ2v) is 16.2. The Kier molecular flexibility index (Phi) is 8.31. The summed E-state index contributed by atoms with van der Waals surface area (Å²) < 4.78 is 12.4. The van der Waals surface area contributed by atoms with E-state index in [0.717, 1.165) is 83.7 Å². The standard InChI is InChI=1S/C57H41NO2/c1-37-12-8-9-33-59-56-46(37)17-11-18-47(56)39-23-29-44(30-24-39)58(43-27-21-38(22-28-43)42-25-31-50-49-16-5-7-20-54(49)60-55(50)36-42)45-14-10-13-40(34-45)41-26-32-53-51(35-41)48-15-4-6-19-52(48)57(53,2)3/h4-36H,1H2,2-3H3/b12-8-,33-9-. The summed E-state index contributed by atoms with van der Waals surface area (Å²) in [4.78, 5) is 2.34. The highest BCUT2D eigenvalue weighted by molar-refractivity contribution is 6.06. The molecule has 0 spiro atoms. The quantitative estimate of drug-likeness (QED) is 0.168. The van der Waals surface area contributed by atoms with Gasteiger partial charge in [-0.1, -0.05) is 148 Å². The van der Waals surface area contributed by atoms with Crippen molar-refractivity contribution < 1.29 is 9.15 Å². The van der Waals surface area contributed by atoms with Crippen LogP contribution in [-0.2, 0) is 5.41 Å². The van der Waals surface area contributed by atoms with Gasteiger partial charge in [0.25, 0.3) is 0 Å². The molecule has 2 heterocycles. The Balaban J connectivity index is 0.997. The highest BCUT2D eigenvalue weighted by Gasteiger charge is 2.35. The van der Waals surface area contributed by atoms with Crippen LogP contribution in [0.3, 0.4) is 0 Å². The van der Waals surface area contributed by atoms with Gasteiger partial charge in [0.2, 0.25) is 0 Å². The molecule has 0 saturated heterocycles. The summed E-state index contributed by atoms with van der Waals surface area (Å²) in [7, 11) is 0. The van der Waals surface area contributed by atoms with Crippen LogP contribution in [0.15, 0.2) is 211 Å². The smallest absolute Gasteiger partial charge is 0.142 e. The van der Waals surface area contributed by atoms with Gasteiger partial charge in [-0.05, 0) is 122 Å². The van der Waals surface area contributed by atoms with Gasteiger partial charge in [-0.2, -0.15) is 0 Å². The van der Waals surface area contributed by atoms with E-state index in [9.17, 15) is 0 Å². The second kappa shape index (κ2) is 14.0. The van der Waals surface area contributed by atoms with Crippen LogP contribution in [0.2, 0.25) is 0 Å². The Morgan fingerprint density at radius 1 is 0.450 bits per heavy atom. The van der Waals surface area contributed by atoms with Crippen molar-refractivity contribution in [3.8, 4) is 50.3 Å². The predicted octanol–water partition coefficient (Wildman–Crippen LogP) is 15.8. The topological polar surface area (TPSA) is 25.6 Å². The first-order valence-electron chi connectivity index (χ1n) is 20.5. The lowest BCUT2D eigenvalue weighted by Crippen LogP contribution is -2.14. The Morgan fingerprint density at radius 3 is 1.93 bits per heavy atom. The van der Waals surface area contributed by atoms with Crippen LogP contribution in [0, 0.1) is 0 Å². The van der Waals surface area contributed by atoms with Gasteiger partial charge < -0.3 is 14.1 Å². The number of allylic oxidation sites excluding steroid dienone is 4. The van der Waals surface area contributed by atoms with E-state index in [4.69, 9.17) is 9.15 Å². The Morgan fingerprint density at radius 2 is 1.08 bits per heavy atom. The molecule has 0 fully saturated rings. The number of fused-ring (bicyclic) bond motifs is 7. The zero-order valence-corrected chi connectivity index (χ0v) is 33.5. The number of rotatable bonds is 6. The van der Waals surface area contributed by atoms with E-state index in [-0.39, 0.29) is 5.41 Å². The molecule has 3 nitrogen and oxygen atoms in total. The molecule has 286 valence electrons. The fourth-order valence-corrected chi connectivity index (χ4v) is 9.23. The summed E-state index contributed by atoms with van der Waals surface area (Å²) in [5.41, 5.74) is 18.9. The first-order chi connectivity index (χ1) is 29.4. The van der Waals surface area contributed by atoms with E-state index in [0.29, 0.717) is 0 Å². The Hall–Kier alpha value is -7.62. The number of furan rings is 1. The van der Waals surface area contributed by atoms with Gasteiger partial charge in [-0.3, -0.25) is 0 Å². The summed E-state index contributed by atoms with van der Waals surface area (Å²) in [6.07, 6.45) is 7.59. The average molecular weight is 772 g/mol. The van der Waals surface area contributed by atoms with Gasteiger partial charge >= 0.3 is 0 Å². The maximum Gasteiger partial charge on any atom is 0.142 e. The highest BCUT2D eigenvalue weighted by Crippen LogP contribution is 2.50. The monoisotopic (exact) mass is 771 g/mol. The molecule has 0 bridgehead atoms. The number of hydrogen-bond donors (Lipinski definition) is 0. The van der Waals surface area contributed by atoms with Crippen LogP contribution in [0.1, 0.15) is 30.5 Å². The molecule has 0 amide bonds. The van der Waals surface area contributed by atoms with Gasteiger partial charge in [0.1, 0.15) is 16.9 Å². The molecule has 8 aromatic carbocycles. The lowest BCUT2D eigenvalue weighted by molar-refractivity contribution is 0.481. The van der Waals surface area contributed by atoms with Gasteiger partial charge in [-0.25, -0.2) is 0 Å². The fourth-order valence-electron chi connectivity index (χ4n) is 9.23. The average Bonchev–Trinajstić information content (AvgIpc) is 3.77. The Labute approximate surface area is 350 Å². The minimum Gasteiger partial charge on any atom is -0.464 e. The molecule has 9 aromatic rings. The SMILES string of the molecule is C=C1/C=C\C=C/Oc2c1cccc2-c1ccc(N(c2ccc(-c3ccc4c(c3)oc3ccccc34)cc2)c2cccc(-c3ccc4c(c3)-c3ccccc3C4(C)C)c2)cc1. The zero-order valence-electron chi connectivity index (χ0n) is 33.5. The summed E-state index contributed by atoms with van der Waals surface area (Å²) in [6.45, 7) is 8.95. The molecular weight excluding hydrogens is 731 g/mol. The van der Waals surface area contributed by atoms with Crippen LogP contribution < -0.4 is 9.64 Å². The molecule has 0 saturated carbocycles. The van der Waals surface area contributed by atoms with E-state index in [1.54, 1.807) is 6.26 Å². The highest BCUT2D eigenvalue weighted by atomic mass is 16.5.